The lowest BCUT2D eigenvalue weighted by atomic mass is 10.2. The standard InChI is InChI=1S/C10H17N/c1-4-9(3)11-8-6-7-10(11)5-2/h5,10H,2-4,6-8H2,1H3. The molecule has 0 radical (unpaired) electrons. The van der Waals surface area contributed by atoms with Crippen LogP contribution >= 0.6 is 0 Å². The summed E-state index contributed by atoms with van der Waals surface area (Å²) in [4.78, 5) is 2.37. The lowest BCUT2D eigenvalue weighted by molar-refractivity contribution is 0.358. The van der Waals surface area contributed by atoms with Crippen molar-refractivity contribution in [3.63, 3.8) is 0 Å². The number of allylic oxidation sites excluding steroid dienone is 1. The SMILES string of the molecule is C=CC1CCCN1C(=C)CC. The van der Waals surface area contributed by atoms with Gasteiger partial charge in [0.05, 0.1) is 0 Å². The Morgan fingerprint density at radius 1 is 1.73 bits per heavy atom. The van der Waals surface area contributed by atoms with Crippen molar-refractivity contribution in [1.29, 1.82) is 0 Å². The van der Waals surface area contributed by atoms with Crippen LogP contribution in [0.5, 0.6) is 0 Å². The molecule has 0 aromatic rings. The second-order valence-corrected chi connectivity index (χ2v) is 3.06. The smallest absolute Gasteiger partial charge is 0.0467 e. The maximum atomic E-state index is 4.03. The van der Waals surface area contributed by atoms with Crippen molar-refractivity contribution in [3.05, 3.63) is 24.9 Å². The van der Waals surface area contributed by atoms with E-state index in [9.17, 15) is 0 Å². The summed E-state index contributed by atoms with van der Waals surface area (Å²) < 4.78 is 0. The molecule has 1 saturated heterocycles. The maximum Gasteiger partial charge on any atom is 0.0467 e. The summed E-state index contributed by atoms with van der Waals surface area (Å²) in [7, 11) is 0. The Morgan fingerprint density at radius 2 is 2.45 bits per heavy atom. The molecule has 1 rings (SSSR count). The zero-order valence-electron chi connectivity index (χ0n) is 7.34. The van der Waals surface area contributed by atoms with Gasteiger partial charge in [-0.1, -0.05) is 19.6 Å². The van der Waals surface area contributed by atoms with E-state index in [1.165, 1.54) is 25.1 Å². The Bertz CT molecular complexity index is 160. The van der Waals surface area contributed by atoms with Gasteiger partial charge in [0.1, 0.15) is 0 Å². The van der Waals surface area contributed by atoms with E-state index in [4.69, 9.17) is 0 Å². The van der Waals surface area contributed by atoms with E-state index in [0.717, 1.165) is 6.42 Å². The molecule has 0 N–H and O–H groups in total. The summed E-state index contributed by atoms with van der Waals surface area (Å²) in [6.45, 7) is 11.2. The van der Waals surface area contributed by atoms with Gasteiger partial charge in [0.25, 0.3) is 0 Å². The molecule has 62 valence electrons. The van der Waals surface area contributed by atoms with Crippen LogP contribution in [0.3, 0.4) is 0 Å². The number of hydrogen-bond donors (Lipinski definition) is 0. The predicted molar refractivity (Wildman–Crippen MR) is 49.4 cm³/mol. The van der Waals surface area contributed by atoms with Gasteiger partial charge in [-0.25, -0.2) is 0 Å². The lowest BCUT2D eigenvalue weighted by Crippen LogP contribution is -2.25. The van der Waals surface area contributed by atoms with Crippen LogP contribution in [0.2, 0.25) is 0 Å². The molecule has 11 heavy (non-hydrogen) atoms. The summed E-state index contributed by atoms with van der Waals surface area (Å²) in [5, 5.41) is 0. The lowest BCUT2D eigenvalue weighted by Gasteiger charge is -2.25. The molecule has 1 fully saturated rings. The van der Waals surface area contributed by atoms with Gasteiger partial charge < -0.3 is 4.90 Å². The molecular weight excluding hydrogens is 134 g/mol. The summed E-state index contributed by atoms with van der Waals surface area (Å²) in [6, 6.07) is 0.558. The molecule has 1 atom stereocenters. The van der Waals surface area contributed by atoms with E-state index in [1.807, 2.05) is 6.08 Å². The van der Waals surface area contributed by atoms with Crippen LogP contribution in [-0.4, -0.2) is 17.5 Å². The maximum absolute atomic E-state index is 4.03. The Morgan fingerprint density at radius 3 is 3.00 bits per heavy atom. The molecule has 0 saturated carbocycles. The minimum Gasteiger partial charge on any atom is -0.369 e. The number of likely N-dealkylation sites (tertiary alicyclic amines) is 1. The number of nitrogens with zero attached hydrogens (tertiary/aromatic N) is 1. The number of hydrogen-bond acceptors (Lipinski definition) is 1. The van der Waals surface area contributed by atoms with E-state index in [0.29, 0.717) is 6.04 Å². The van der Waals surface area contributed by atoms with Crippen molar-refractivity contribution in [1.82, 2.24) is 4.90 Å². The van der Waals surface area contributed by atoms with E-state index in [2.05, 4.69) is 25.0 Å². The van der Waals surface area contributed by atoms with Crippen molar-refractivity contribution in [2.45, 2.75) is 32.2 Å². The van der Waals surface area contributed by atoms with Crippen molar-refractivity contribution in [2.24, 2.45) is 0 Å². The molecule has 1 aliphatic rings. The van der Waals surface area contributed by atoms with Crippen LogP contribution in [0.15, 0.2) is 24.9 Å². The molecule has 1 aliphatic heterocycles. The van der Waals surface area contributed by atoms with Gasteiger partial charge >= 0.3 is 0 Å². The fourth-order valence-electron chi connectivity index (χ4n) is 1.63. The van der Waals surface area contributed by atoms with Gasteiger partial charge in [-0.3, -0.25) is 0 Å². The van der Waals surface area contributed by atoms with Crippen molar-refractivity contribution >= 4 is 0 Å². The minimum atomic E-state index is 0.558. The Hall–Kier alpha value is -0.720. The van der Waals surface area contributed by atoms with Gasteiger partial charge in [-0.2, -0.15) is 0 Å². The molecule has 0 spiro atoms. The van der Waals surface area contributed by atoms with Crippen molar-refractivity contribution in [3.8, 4) is 0 Å². The van der Waals surface area contributed by atoms with Crippen molar-refractivity contribution < 1.29 is 0 Å². The fraction of sp³-hybridized carbons (Fsp3) is 0.600. The molecule has 1 unspecified atom stereocenters. The first-order chi connectivity index (χ1) is 5.29. The van der Waals surface area contributed by atoms with Gasteiger partial charge in [-0.15, -0.1) is 6.58 Å². The Kier molecular flexibility index (Phi) is 2.75. The van der Waals surface area contributed by atoms with Crippen LogP contribution in [0.1, 0.15) is 26.2 Å². The van der Waals surface area contributed by atoms with E-state index >= 15 is 0 Å². The summed E-state index contributed by atoms with van der Waals surface area (Å²) in [5.74, 6) is 0. The van der Waals surface area contributed by atoms with Gasteiger partial charge in [0.2, 0.25) is 0 Å². The molecule has 0 aliphatic carbocycles. The molecule has 0 bridgehead atoms. The molecule has 0 amide bonds. The third kappa shape index (κ3) is 1.65. The first kappa shape index (κ1) is 8.38. The van der Waals surface area contributed by atoms with E-state index in [1.54, 1.807) is 0 Å². The minimum absolute atomic E-state index is 0.558. The van der Waals surface area contributed by atoms with Crippen LogP contribution in [-0.2, 0) is 0 Å². The molecule has 1 nitrogen and oxygen atoms in total. The highest BCUT2D eigenvalue weighted by atomic mass is 15.2. The zero-order valence-corrected chi connectivity index (χ0v) is 7.34. The Labute approximate surface area is 69.4 Å². The molecule has 0 aromatic heterocycles. The highest BCUT2D eigenvalue weighted by Gasteiger charge is 2.21. The third-order valence-electron chi connectivity index (χ3n) is 2.39. The highest BCUT2D eigenvalue weighted by molar-refractivity contribution is 5.04. The van der Waals surface area contributed by atoms with Gasteiger partial charge in [0.15, 0.2) is 0 Å². The summed E-state index contributed by atoms with van der Waals surface area (Å²) in [5.41, 5.74) is 1.26. The normalized spacial score (nSPS) is 23.7. The van der Waals surface area contributed by atoms with Crippen molar-refractivity contribution in [2.75, 3.05) is 6.54 Å². The van der Waals surface area contributed by atoms with Crippen LogP contribution in [0, 0.1) is 0 Å². The fourth-order valence-corrected chi connectivity index (χ4v) is 1.63. The van der Waals surface area contributed by atoms with Crippen LogP contribution in [0.25, 0.3) is 0 Å². The van der Waals surface area contributed by atoms with Crippen LogP contribution in [0.4, 0.5) is 0 Å². The monoisotopic (exact) mass is 151 g/mol. The first-order valence-corrected chi connectivity index (χ1v) is 4.36. The molecule has 1 heterocycles. The second-order valence-electron chi connectivity index (χ2n) is 3.06. The summed E-state index contributed by atoms with van der Waals surface area (Å²) >= 11 is 0. The quantitative estimate of drug-likeness (QED) is 0.560. The highest BCUT2D eigenvalue weighted by Crippen LogP contribution is 2.22. The van der Waals surface area contributed by atoms with E-state index in [-0.39, 0.29) is 0 Å². The van der Waals surface area contributed by atoms with Crippen LogP contribution < -0.4 is 0 Å². The largest absolute Gasteiger partial charge is 0.369 e. The zero-order chi connectivity index (χ0) is 8.27. The average Bonchev–Trinajstić information content (AvgIpc) is 2.50. The number of rotatable bonds is 3. The topological polar surface area (TPSA) is 3.24 Å². The van der Waals surface area contributed by atoms with Gasteiger partial charge in [0, 0.05) is 18.3 Å². The van der Waals surface area contributed by atoms with E-state index < -0.39 is 0 Å². The Balaban J connectivity index is 2.56. The molecule has 0 aromatic carbocycles. The first-order valence-electron chi connectivity index (χ1n) is 4.36. The summed E-state index contributed by atoms with van der Waals surface area (Å²) in [6.07, 6.45) is 5.64. The molecule has 1 heteroatoms. The average molecular weight is 151 g/mol. The third-order valence-corrected chi connectivity index (χ3v) is 2.39. The van der Waals surface area contributed by atoms with Gasteiger partial charge in [-0.05, 0) is 19.3 Å². The second kappa shape index (κ2) is 3.61. The molecular formula is C10H17N. The predicted octanol–water partition coefficient (Wildman–Crippen LogP) is 2.56.